The van der Waals surface area contributed by atoms with Crippen LogP contribution in [-0.2, 0) is 20.7 Å². The molecule has 1 aliphatic heterocycles. The Morgan fingerprint density at radius 1 is 0.825 bits per heavy atom. The molecule has 0 aromatic heterocycles. The standard InChI is InChI=1S/C32H42O8/c1-20(33)37-26-18-25(13-11-21-12-14-27(34)30(15-21)38-23-9-5-6-10-23)40-29(19-26)22-16-28(35)32(36)31(17-22)39-24-7-3-2-4-8-24/h12,14-17,23-26,29,34-36H,2-11,13,18-19H2,1H3. The van der Waals surface area contributed by atoms with Crippen molar-refractivity contribution in [1.29, 1.82) is 0 Å². The number of carbonyl (C=O) groups is 1. The summed E-state index contributed by atoms with van der Waals surface area (Å²) in [6.07, 6.45) is 11.1. The molecule has 3 atom stereocenters. The highest BCUT2D eigenvalue weighted by atomic mass is 16.6. The lowest BCUT2D eigenvalue weighted by molar-refractivity contribution is -0.160. The smallest absolute Gasteiger partial charge is 0.302 e. The van der Waals surface area contributed by atoms with E-state index in [0.29, 0.717) is 37.0 Å². The van der Waals surface area contributed by atoms with Gasteiger partial charge in [0.05, 0.1) is 24.4 Å². The van der Waals surface area contributed by atoms with Gasteiger partial charge in [-0.25, -0.2) is 0 Å². The fraction of sp³-hybridized carbons (Fsp3) is 0.594. The van der Waals surface area contributed by atoms with Gasteiger partial charge in [0.25, 0.3) is 0 Å². The number of benzene rings is 2. The van der Waals surface area contributed by atoms with Crippen molar-refractivity contribution in [1.82, 2.24) is 0 Å². The summed E-state index contributed by atoms with van der Waals surface area (Å²) in [6.45, 7) is 1.41. The fourth-order valence-electron chi connectivity index (χ4n) is 6.28. The van der Waals surface area contributed by atoms with Gasteiger partial charge < -0.3 is 34.3 Å². The molecule has 3 unspecified atom stereocenters. The number of carbonyl (C=O) groups excluding carboxylic acids is 1. The molecular formula is C32H42O8. The Kier molecular flexibility index (Phi) is 9.25. The first-order chi connectivity index (χ1) is 19.3. The van der Waals surface area contributed by atoms with Crippen LogP contribution < -0.4 is 9.47 Å². The lowest BCUT2D eigenvalue weighted by atomic mass is 9.92. The normalized spacial score (nSPS) is 24.1. The van der Waals surface area contributed by atoms with Crippen LogP contribution in [0.2, 0.25) is 0 Å². The summed E-state index contributed by atoms with van der Waals surface area (Å²) in [5.41, 5.74) is 1.71. The number of ether oxygens (including phenoxy) is 4. The van der Waals surface area contributed by atoms with Crippen molar-refractivity contribution in [2.45, 2.75) is 121 Å². The Morgan fingerprint density at radius 3 is 2.20 bits per heavy atom. The van der Waals surface area contributed by atoms with Gasteiger partial charge in [-0.05, 0) is 99.6 Å². The minimum absolute atomic E-state index is 0.0102. The second-order valence-corrected chi connectivity index (χ2v) is 11.6. The SMILES string of the molecule is CC(=O)OC1CC(CCc2ccc(O)c(OC3CCCC3)c2)OC(c2cc(O)c(O)c(OC3CCCCC3)c2)C1. The monoisotopic (exact) mass is 554 g/mol. The van der Waals surface area contributed by atoms with E-state index < -0.39 is 6.10 Å². The van der Waals surface area contributed by atoms with Crippen LogP contribution in [0.1, 0.15) is 101 Å². The molecule has 8 nitrogen and oxygen atoms in total. The Labute approximate surface area is 236 Å². The van der Waals surface area contributed by atoms with Crippen LogP contribution in [0.15, 0.2) is 30.3 Å². The Bertz CT molecular complexity index is 1150. The summed E-state index contributed by atoms with van der Waals surface area (Å²) in [4.78, 5) is 11.8. The molecule has 40 heavy (non-hydrogen) atoms. The summed E-state index contributed by atoms with van der Waals surface area (Å²) >= 11 is 0. The number of hydrogen-bond acceptors (Lipinski definition) is 8. The predicted molar refractivity (Wildman–Crippen MR) is 149 cm³/mol. The molecular weight excluding hydrogens is 512 g/mol. The molecule has 3 aliphatic rings. The van der Waals surface area contributed by atoms with Crippen molar-refractivity contribution in [2.24, 2.45) is 0 Å². The maximum atomic E-state index is 11.8. The molecule has 0 radical (unpaired) electrons. The zero-order valence-corrected chi connectivity index (χ0v) is 23.3. The van der Waals surface area contributed by atoms with Gasteiger partial charge in [-0.3, -0.25) is 4.79 Å². The number of aryl methyl sites for hydroxylation is 1. The van der Waals surface area contributed by atoms with Gasteiger partial charge in [-0.15, -0.1) is 0 Å². The Hall–Kier alpha value is -3.13. The second-order valence-electron chi connectivity index (χ2n) is 11.6. The molecule has 2 aliphatic carbocycles. The molecule has 0 amide bonds. The highest BCUT2D eigenvalue weighted by Gasteiger charge is 2.33. The van der Waals surface area contributed by atoms with E-state index >= 15 is 0 Å². The van der Waals surface area contributed by atoms with Gasteiger partial charge in [-0.1, -0.05) is 12.5 Å². The van der Waals surface area contributed by atoms with E-state index in [0.717, 1.165) is 56.9 Å². The molecule has 5 rings (SSSR count). The highest BCUT2D eigenvalue weighted by molar-refractivity contribution is 5.66. The first-order valence-electron chi connectivity index (χ1n) is 14.9. The van der Waals surface area contributed by atoms with Gasteiger partial charge in [-0.2, -0.15) is 0 Å². The van der Waals surface area contributed by atoms with Crippen LogP contribution in [0.5, 0.6) is 28.7 Å². The predicted octanol–water partition coefficient (Wildman–Crippen LogP) is 6.62. The lowest BCUT2D eigenvalue weighted by Crippen LogP contribution is -2.34. The average molecular weight is 555 g/mol. The van der Waals surface area contributed by atoms with Crippen LogP contribution >= 0.6 is 0 Å². The number of aromatic hydroxyl groups is 3. The summed E-state index contributed by atoms with van der Waals surface area (Å²) < 4.78 is 24.3. The number of hydrogen-bond donors (Lipinski definition) is 3. The molecule has 2 aromatic rings. The molecule has 0 spiro atoms. The van der Waals surface area contributed by atoms with Crippen molar-refractivity contribution < 1.29 is 39.1 Å². The van der Waals surface area contributed by atoms with E-state index in [1.807, 2.05) is 12.1 Å². The van der Waals surface area contributed by atoms with E-state index in [-0.39, 0.29) is 53.4 Å². The molecule has 2 aromatic carbocycles. The van der Waals surface area contributed by atoms with Crippen LogP contribution in [-0.4, -0.2) is 45.7 Å². The first-order valence-corrected chi connectivity index (χ1v) is 14.9. The molecule has 3 N–H and O–H groups in total. The average Bonchev–Trinajstić information content (AvgIpc) is 3.45. The van der Waals surface area contributed by atoms with E-state index in [2.05, 4.69) is 0 Å². The Morgan fingerprint density at radius 2 is 1.50 bits per heavy atom. The number of rotatable bonds is 9. The highest BCUT2D eigenvalue weighted by Crippen LogP contribution is 2.43. The largest absolute Gasteiger partial charge is 0.504 e. The van der Waals surface area contributed by atoms with Gasteiger partial charge >= 0.3 is 5.97 Å². The fourth-order valence-corrected chi connectivity index (χ4v) is 6.28. The van der Waals surface area contributed by atoms with Gasteiger partial charge in [0.1, 0.15) is 6.10 Å². The zero-order valence-electron chi connectivity index (χ0n) is 23.3. The maximum absolute atomic E-state index is 11.8. The third-order valence-electron chi connectivity index (χ3n) is 8.36. The number of esters is 1. The third kappa shape index (κ3) is 7.33. The molecule has 3 fully saturated rings. The van der Waals surface area contributed by atoms with Crippen molar-refractivity contribution in [3.05, 3.63) is 41.5 Å². The van der Waals surface area contributed by atoms with E-state index in [1.54, 1.807) is 12.1 Å². The van der Waals surface area contributed by atoms with Crippen LogP contribution in [0.3, 0.4) is 0 Å². The summed E-state index contributed by atoms with van der Waals surface area (Å²) in [5, 5.41) is 31.3. The minimum atomic E-state index is -0.440. The first kappa shape index (κ1) is 28.4. The van der Waals surface area contributed by atoms with E-state index in [9.17, 15) is 20.1 Å². The van der Waals surface area contributed by atoms with E-state index in [1.165, 1.54) is 19.4 Å². The summed E-state index contributed by atoms with van der Waals surface area (Å²) in [7, 11) is 0. The van der Waals surface area contributed by atoms with Crippen molar-refractivity contribution in [3.8, 4) is 28.7 Å². The topological polar surface area (TPSA) is 115 Å². The molecule has 1 heterocycles. The lowest BCUT2D eigenvalue weighted by Gasteiger charge is -2.35. The zero-order chi connectivity index (χ0) is 28.1. The van der Waals surface area contributed by atoms with Crippen molar-refractivity contribution in [3.63, 3.8) is 0 Å². The molecule has 0 bridgehead atoms. The van der Waals surface area contributed by atoms with E-state index in [4.69, 9.17) is 18.9 Å². The second kappa shape index (κ2) is 13.0. The molecule has 1 saturated heterocycles. The van der Waals surface area contributed by atoms with Crippen LogP contribution in [0.4, 0.5) is 0 Å². The van der Waals surface area contributed by atoms with Gasteiger partial charge in [0.2, 0.25) is 5.75 Å². The summed E-state index contributed by atoms with van der Waals surface area (Å²) in [6, 6.07) is 8.73. The van der Waals surface area contributed by atoms with Crippen LogP contribution in [0.25, 0.3) is 0 Å². The number of phenolic OH excluding ortho intramolecular Hbond substituents is 3. The van der Waals surface area contributed by atoms with Gasteiger partial charge in [0.15, 0.2) is 23.0 Å². The quantitative estimate of drug-likeness (QED) is 0.234. The number of phenols is 3. The Balaban J connectivity index is 1.29. The van der Waals surface area contributed by atoms with Gasteiger partial charge in [0, 0.05) is 19.8 Å². The van der Waals surface area contributed by atoms with Crippen LogP contribution in [0, 0.1) is 0 Å². The maximum Gasteiger partial charge on any atom is 0.302 e. The minimum Gasteiger partial charge on any atom is -0.504 e. The van der Waals surface area contributed by atoms with Crippen molar-refractivity contribution >= 4 is 5.97 Å². The van der Waals surface area contributed by atoms with Crippen molar-refractivity contribution in [2.75, 3.05) is 0 Å². The molecule has 218 valence electrons. The molecule has 8 heteroatoms. The summed E-state index contributed by atoms with van der Waals surface area (Å²) in [5.74, 6) is 0.0767. The molecule has 2 saturated carbocycles. The third-order valence-corrected chi connectivity index (χ3v) is 8.36.